The molecule has 0 aromatic carbocycles. The molecule has 5 nitrogen and oxygen atoms in total. The molecule has 2 aromatic rings. The summed E-state index contributed by atoms with van der Waals surface area (Å²) < 4.78 is 12.9. The van der Waals surface area contributed by atoms with Crippen LogP contribution in [-0.4, -0.2) is 34.9 Å². The first-order valence-electron chi connectivity index (χ1n) is 8.10. The molecule has 0 bridgehead atoms. The second kappa shape index (κ2) is 5.89. The summed E-state index contributed by atoms with van der Waals surface area (Å²) in [6.07, 6.45) is 8.36. The first kappa shape index (κ1) is 14.0. The van der Waals surface area contributed by atoms with Gasteiger partial charge in [0.1, 0.15) is 0 Å². The monoisotopic (exact) mass is 301 g/mol. The summed E-state index contributed by atoms with van der Waals surface area (Å²) >= 11 is 0. The first-order valence-corrected chi connectivity index (χ1v) is 8.10. The van der Waals surface area contributed by atoms with Crippen LogP contribution >= 0.6 is 0 Å². The van der Waals surface area contributed by atoms with E-state index in [-0.39, 0.29) is 0 Å². The molecule has 5 heteroatoms. The van der Waals surface area contributed by atoms with Crippen LogP contribution in [0.2, 0.25) is 0 Å². The fourth-order valence-corrected chi connectivity index (χ4v) is 3.43. The van der Waals surface area contributed by atoms with Gasteiger partial charge in [-0.1, -0.05) is 0 Å². The van der Waals surface area contributed by atoms with Crippen molar-refractivity contribution in [3.05, 3.63) is 41.6 Å². The van der Waals surface area contributed by atoms with Crippen LogP contribution in [-0.2, 0) is 24.4 Å². The van der Waals surface area contributed by atoms with E-state index >= 15 is 0 Å². The Kier molecular flexibility index (Phi) is 3.76. The van der Waals surface area contributed by atoms with Gasteiger partial charge in [-0.2, -0.15) is 5.10 Å². The lowest BCUT2D eigenvalue weighted by Gasteiger charge is -2.32. The molecule has 1 atom stereocenters. The number of hydrogen-bond acceptors (Lipinski definition) is 4. The molecule has 1 saturated carbocycles. The fraction of sp³-hybridized carbons (Fsp3) is 0.588. The minimum absolute atomic E-state index is 0.411. The van der Waals surface area contributed by atoms with Gasteiger partial charge in [0.2, 0.25) is 0 Å². The highest BCUT2D eigenvalue weighted by atomic mass is 16.5. The lowest BCUT2D eigenvalue weighted by molar-refractivity contribution is 0.133. The van der Waals surface area contributed by atoms with Crippen LogP contribution in [0, 0.1) is 5.92 Å². The van der Waals surface area contributed by atoms with Gasteiger partial charge in [-0.25, -0.2) is 0 Å². The van der Waals surface area contributed by atoms with Gasteiger partial charge in [-0.3, -0.25) is 9.58 Å². The van der Waals surface area contributed by atoms with Crippen molar-refractivity contribution in [2.24, 2.45) is 5.92 Å². The van der Waals surface area contributed by atoms with Crippen molar-refractivity contribution in [3.63, 3.8) is 0 Å². The van der Waals surface area contributed by atoms with Crippen molar-refractivity contribution < 1.29 is 9.15 Å². The number of aromatic nitrogens is 2. The van der Waals surface area contributed by atoms with Crippen LogP contribution in [0.3, 0.4) is 0 Å². The van der Waals surface area contributed by atoms with Crippen LogP contribution in [0.5, 0.6) is 0 Å². The molecule has 1 aliphatic heterocycles. The van der Waals surface area contributed by atoms with E-state index in [1.165, 1.54) is 29.7 Å². The maximum absolute atomic E-state index is 5.44. The molecule has 1 fully saturated rings. The molecule has 0 radical (unpaired) electrons. The summed E-state index contributed by atoms with van der Waals surface area (Å²) in [6.45, 7) is 4.73. The van der Waals surface area contributed by atoms with E-state index in [4.69, 9.17) is 9.15 Å². The van der Waals surface area contributed by atoms with E-state index in [1.54, 1.807) is 13.4 Å². The third-order valence-electron chi connectivity index (χ3n) is 4.75. The molecule has 2 aliphatic rings. The van der Waals surface area contributed by atoms with Gasteiger partial charge < -0.3 is 9.15 Å². The normalized spacial score (nSPS) is 22.0. The fourth-order valence-electron chi connectivity index (χ4n) is 3.43. The molecule has 1 aliphatic carbocycles. The molecular formula is C17H23N3O2. The number of hydrogen-bond donors (Lipinski definition) is 0. The molecule has 0 spiro atoms. The lowest BCUT2D eigenvalue weighted by Crippen LogP contribution is -2.35. The average molecular weight is 301 g/mol. The van der Waals surface area contributed by atoms with Crippen LogP contribution in [0.15, 0.2) is 29.2 Å². The zero-order valence-electron chi connectivity index (χ0n) is 13.1. The highest BCUT2D eigenvalue weighted by molar-refractivity contribution is 5.26. The third-order valence-corrected chi connectivity index (χ3v) is 4.75. The third kappa shape index (κ3) is 2.83. The Labute approximate surface area is 130 Å². The van der Waals surface area contributed by atoms with Crippen molar-refractivity contribution in [1.29, 1.82) is 0 Å². The second-order valence-electron chi connectivity index (χ2n) is 6.63. The zero-order valence-corrected chi connectivity index (χ0v) is 13.1. The molecule has 3 heterocycles. The predicted octanol–water partition coefficient (Wildman–Crippen LogP) is 2.63. The summed E-state index contributed by atoms with van der Waals surface area (Å²) in [6, 6.07) is 2.04. The van der Waals surface area contributed by atoms with E-state index in [0.29, 0.717) is 5.92 Å². The van der Waals surface area contributed by atoms with Crippen molar-refractivity contribution in [2.45, 2.75) is 38.4 Å². The Hall–Kier alpha value is -1.59. The number of nitrogens with zero attached hydrogens (tertiary/aromatic N) is 3. The standard InChI is InChI=1S/C17H23N3O2/c1-21-12-15-9-19(7-14-4-5-22-11-14)10-17-16(15)6-18-20(17)8-13-2-3-13/h4-6,11,13,15H,2-3,7-10,12H2,1H3. The van der Waals surface area contributed by atoms with Gasteiger partial charge in [-0.15, -0.1) is 0 Å². The van der Waals surface area contributed by atoms with E-state index in [0.717, 1.165) is 38.7 Å². The number of methoxy groups -OCH3 is 1. The maximum Gasteiger partial charge on any atom is 0.0947 e. The first-order chi connectivity index (χ1) is 10.8. The molecule has 118 valence electrons. The molecule has 4 rings (SSSR count). The quantitative estimate of drug-likeness (QED) is 0.822. The van der Waals surface area contributed by atoms with Crippen LogP contribution < -0.4 is 0 Å². The predicted molar refractivity (Wildman–Crippen MR) is 82.4 cm³/mol. The maximum atomic E-state index is 5.44. The lowest BCUT2D eigenvalue weighted by atomic mass is 9.95. The molecule has 0 N–H and O–H groups in total. The van der Waals surface area contributed by atoms with Gasteiger partial charge in [-0.05, 0) is 24.8 Å². The van der Waals surface area contributed by atoms with Gasteiger partial charge in [0.05, 0.1) is 31.0 Å². The van der Waals surface area contributed by atoms with Gasteiger partial charge in [0.15, 0.2) is 0 Å². The number of ether oxygens (including phenoxy) is 1. The Morgan fingerprint density at radius 3 is 3.05 bits per heavy atom. The highest BCUT2D eigenvalue weighted by Crippen LogP contribution is 2.34. The molecule has 2 aromatic heterocycles. The van der Waals surface area contributed by atoms with Crippen molar-refractivity contribution in [1.82, 2.24) is 14.7 Å². The summed E-state index contributed by atoms with van der Waals surface area (Å²) in [7, 11) is 1.78. The van der Waals surface area contributed by atoms with E-state index in [9.17, 15) is 0 Å². The van der Waals surface area contributed by atoms with Crippen molar-refractivity contribution >= 4 is 0 Å². The van der Waals surface area contributed by atoms with Gasteiger partial charge in [0.25, 0.3) is 0 Å². The molecular weight excluding hydrogens is 278 g/mol. The van der Waals surface area contributed by atoms with E-state index in [2.05, 4.69) is 20.9 Å². The largest absolute Gasteiger partial charge is 0.472 e. The molecule has 1 unspecified atom stereocenters. The second-order valence-corrected chi connectivity index (χ2v) is 6.63. The van der Waals surface area contributed by atoms with Crippen molar-refractivity contribution in [2.75, 3.05) is 20.3 Å². The molecule has 22 heavy (non-hydrogen) atoms. The number of rotatable bonds is 6. The van der Waals surface area contributed by atoms with Gasteiger partial charge in [0, 0.05) is 50.3 Å². The van der Waals surface area contributed by atoms with Crippen molar-refractivity contribution in [3.8, 4) is 0 Å². The summed E-state index contributed by atoms with van der Waals surface area (Å²) in [5.41, 5.74) is 3.99. The SMILES string of the molecule is COCC1CN(Cc2ccoc2)Cc2c1cnn2CC1CC1. The zero-order chi connectivity index (χ0) is 14.9. The van der Waals surface area contributed by atoms with Gasteiger partial charge >= 0.3 is 0 Å². The Morgan fingerprint density at radius 1 is 1.41 bits per heavy atom. The van der Waals surface area contributed by atoms with Crippen LogP contribution in [0.1, 0.15) is 35.6 Å². The van der Waals surface area contributed by atoms with E-state index < -0.39 is 0 Å². The van der Waals surface area contributed by atoms with Crippen LogP contribution in [0.25, 0.3) is 0 Å². The Bertz CT molecular complexity index is 616. The molecule has 0 amide bonds. The Morgan fingerprint density at radius 2 is 2.32 bits per heavy atom. The van der Waals surface area contributed by atoms with E-state index in [1.807, 2.05) is 12.3 Å². The number of fused-ring (bicyclic) bond motifs is 1. The summed E-state index contributed by atoms with van der Waals surface area (Å²) in [4.78, 5) is 2.47. The average Bonchev–Trinajstić information content (AvgIpc) is 3.01. The van der Waals surface area contributed by atoms with Crippen LogP contribution in [0.4, 0.5) is 0 Å². The minimum atomic E-state index is 0.411. The number of furan rings is 1. The minimum Gasteiger partial charge on any atom is -0.472 e. The molecule has 0 saturated heterocycles. The smallest absolute Gasteiger partial charge is 0.0947 e. The topological polar surface area (TPSA) is 43.4 Å². The summed E-state index contributed by atoms with van der Waals surface area (Å²) in [5, 5.41) is 4.66. The highest BCUT2D eigenvalue weighted by Gasteiger charge is 2.31. The summed E-state index contributed by atoms with van der Waals surface area (Å²) in [5.74, 6) is 1.25. The Balaban J connectivity index is 1.56.